The summed E-state index contributed by atoms with van der Waals surface area (Å²) in [5.74, 6) is 0.262. The SMILES string of the molecule is O=C(Nc1nc2c(s1)CN(C(=O)/C=C/c1cccs1)CC2)C1CCC1. The number of thiophene rings is 1. The average molecular weight is 374 g/mol. The van der Waals surface area contributed by atoms with E-state index in [-0.39, 0.29) is 17.7 Å². The van der Waals surface area contributed by atoms with Crippen LogP contribution in [0.25, 0.3) is 6.08 Å². The Hall–Kier alpha value is -1.99. The molecule has 1 aliphatic carbocycles. The quantitative estimate of drug-likeness (QED) is 0.834. The van der Waals surface area contributed by atoms with Crippen molar-refractivity contribution < 1.29 is 9.59 Å². The molecule has 7 heteroatoms. The molecule has 4 rings (SSSR count). The zero-order chi connectivity index (χ0) is 17.2. The molecular formula is C18H19N3O2S2. The number of nitrogens with zero attached hydrogens (tertiary/aromatic N) is 2. The molecule has 130 valence electrons. The minimum Gasteiger partial charge on any atom is -0.334 e. The molecule has 2 aliphatic rings. The molecule has 2 aromatic rings. The topological polar surface area (TPSA) is 62.3 Å². The first-order chi connectivity index (χ1) is 12.2. The van der Waals surface area contributed by atoms with Gasteiger partial charge in [0, 0.05) is 34.7 Å². The van der Waals surface area contributed by atoms with Crippen LogP contribution >= 0.6 is 22.7 Å². The number of fused-ring (bicyclic) bond motifs is 1. The summed E-state index contributed by atoms with van der Waals surface area (Å²) < 4.78 is 0. The molecule has 1 fully saturated rings. The molecule has 25 heavy (non-hydrogen) atoms. The maximum absolute atomic E-state index is 12.4. The van der Waals surface area contributed by atoms with Crippen LogP contribution in [0.15, 0.2) is 23.6 Å². The third-order valence-corrected chi connectivity index (χ3v) is 6.52. The third kappa shape index (κ3) is 3.67. The summed E-state index contributed by atoms with van der Waals surface area (Å²) >= 11 is 3.11. The van der Waals surface area contributed by atoms with E-state index in [1.807, 2.05) is 28.5 Å². The number of aromatic nitrogens is 1. The van der Waals surface area contributed by atoms with E-state index in [9.17, 15) is 9.59 Å². The second-order valence-electron chi connectivity index (χ2n) is 6.36. The molecule has 0 bridgehead atoms. The fraction of sp³-hybridized carbons (Fsp3) is 0.389. The minimum atomic E-state index is 0.0208. The highest BCUT2D eigenvalue weighted by molar-refractivity contribution is 7.15. The van der Waals surface area contributed by atoms with Crippen molar-refractivity contribution in [2.75, 3.05) is 11.9 Å². The van der Waals surface area contributed by atoms with E-state index in [1.165, 1.54) is 11.3 Å². The van der Waals surface area contributed by atoms with Crippen molar-refractivity contribution in [3.8, 4) is 0 Å². The first-order valence-corrected chi connectivity index (χ1v) is 10.2. The normalized spacial score (nSPS) is 17.4. The van der Waals surface area contributed by atoms with Crippen molar-refractivity contribution in [3.05, 3.63) is 39.0 Å². The maximum Gasteiger partial charge on any atom is 0.246 e. The molecular weight excluding hydrogens is 354 g/mol. The summed E-state index contributed by atoms with van der Waals surface area (Å²) in [5, 5.41) is 5.61. The zero-order valence-electron chi connectivity index (χ0n) is 13.7. The van der Waals surface area contributed by atoms with Gasteiger partial charge in [0.05, 0.1) is 12.2 Å². The molecule has 2 aromatic heterocycles. The number of carbonyl (C=O) groups is 2. The Bertz CT molecular complexity index is 806. The van der Waals surface area contributed by atoms with Crippen LogP contribution in [0, 0.1) is 5.92 Å². The van der Waals surface area contributed by atoms with Crippen molar-refractivity contribution in [1.82, 2.24) is 9.88 Å². The van der Waals surface area contributed by atoms with Gasteiger partial charge in [-0.3, -0.25) is 9.59 Å². The van der Waals surface area contributed by atoms with Crippen LogP contribution in [0.2, 0.25) is 0 Å². The number of thiazole rings is 1. The molecule has 1 aliphatic heterocycles. The van der Waals surface area contributed by atoms with Gasteiger partial charge in [-0.05, 0) is 30.4 Å². The largest absolute Gasteiger partial charge is 0.334 e. The Kier molecular flexibility index (Phi) is 4.67. The van der Waals surface area contributed by atoms with E-state index in [2.05, 4.69) is 10.3 Å². The maximum atomic E-state index is 12.4. The molecule has 0 atom stereocenters. The fourth-order valence-electron chi connectivity index (χ4n) is 2.96. The van der Waals surface area contributed by atoms with E-state index in [0.717, 1.165) is 41.1 Å². The lowest BCUT2D eigenvalue weighted by molar-refractivity contribution is -0.126. The number of rotatable bonds is 4. The van der Waals surface area contributed by atoms with Crippen molar-refractivity contribution in [2.24, 2.45) is 5.92 Å². The lowest BCUT2D eigenvalue weighted by Gasteiger charge is -2.24. The summed E-state index contributed by atoms with van der Waals surface area (Å²) in [6.45, 7) is 1.24. The molecule has 2 amide bonds. The summed E-state index contributed by atoms with van der Waals surface area (Å²) in [7, 11) is 0. The van der Waals surface area contributed by atoms with Crippen LogP contribution in [0.3, 0.4) is 0 Å². The summed E-state index contributed by atoms with van der Waals surface area (Å²) in [4.78, 5) is 33.0. The lowest BCUT2D eigenvalue weighted by Crippen LogP contribution is -2.34. The molecule has 0 radical (unpaired) electrons. The van der Waals surface area contributed by atoms with Crippen molar-refractivity contribution >= 4 is 45.7 Å². The molecule has 1 saturated carbocycles. The smallest absolute Gasteiger partial charge is 0.246 e. The average Bonchev–Trinajstić information content (AvgIpc) is 3.18. The highest BCUT2D eigenvalue weighted by Gasteiger charge is 2.27. The fourth-order valence-corrected chi connectivity index (χ4v) is 4.60. The molecule has 0 spiro atoms. The molecule has 3 heterocycles. The van der Waals surface area contributed by atoms with Gasteiger partial charge in [-0.15, -0.1) is 11.3 Å². The molecule has 1 N–H and O–H groups in total. The number of anilines is 1. The van der Waals surface area contributed by atoms with E-state index in [0.29, 0.717) is 18.2 Å². The van der Waals surface area contributed by atoms with Gasteiger partial charge in [0.15, 0.2) is 5.13 Å². The summed E-state index contributed by atoms with van der Waals surface area (Å²) in [6.07, 6.45) is 7.34. The molecule has 5 nitrogen and oxygen atoms in total. The first-order valence-electron chi connectivity index (χ1n) is 8.49. The highest BCUT2D eigenvalue weighted by atomic mass is 32.1. The van der Waals surface area contributed by atoms with Crippen LogP contribution in [0.1, 0.15) is 34.7 Å². The number of amides is 2. The van der Waals surface area contributed by atoms with Crippen LogP contribution in [-0.4, -0.2) is 28.2 Å². The predicted molar refractivity (Wildman–Crippen MR) is 101 cm³/mol. The van der Waals surface area contributed by atoms with Crippen LogP contribution in [-0.2, 0) is 22.6 Å². The van der Waals surface area contributed by atoms with Crippen LogP contribution < -0.4 is 5.32 Å². The van der Waals surface area contributed by atoms with Crippen molar-refractivity contribution in [3.63, 3.8) is 0 Å². The Morgan fingerprint density at radius 2 is 2.24 bits per heavy atom. The second-order valence-corrected chi connectivity index (χ2v) is 8.43. The van der Waals surface area contributed by atoms with Gasteiger partial charge in [-0.1, -0.05) is 23.8 Å². The van der Waals surface area contributed by atoms with E-state index in [1.54, 1.807) is 17.4 Å². The standard InChI is InChI=1S/C18H19N3O2S2/c22-16(7-6-13-5-2-10-24-13)21-9-8-14-15(11-21)25-18(19-14)20-17(23)12-3-1-4-12/h2,5-7,10,12H,1,3-4,8-9,11H2,(H,19,20,23)/b7-6+. The van der Waals surface area contributed by atoms with E-state index >= 15 is 0 Å². The molecule has 0 saturated heterocycles. The Morgan fingerprint density at radius 3 is 2.96 bits per heavy atom. The van der Waals surface area contributed by atoms with Gasteiger partial charge in [0.2, 0.25) is 11.8 Å². The summed E-state index contributed by atoms with van der Waals surface area (Å²) in [5.41, 5.74) is 1.01. The van der Waals surface area contributed by atoms with E-state index < -0.39 is 0 Å². The van der Waals surface area contributed by atoms with Gasteiger partial charge in [-0.25, -0.2) is 4.98 Å². The minimum absolute atomic E-state index is 0.0208. The number of hydrogen-bond acceptors (Lipinski definition) is 5. The van der Waals surface area contributed by atoms with Gasteiger partial charge < -0.3 is 10.2 Å². The van der Waals surface area contributed by atoms with E-state index in [4.69, 9.17) is 0 Å². The van der Waals surface area contributed by atoms with Crippen molar-refractivity contribution in [2.45, 2.75) is 32.2 Å². The van der Waals surface area contributed by atoms with Crippen LogP contribution in [0.5, 0.6) is 0 Å². The van der Waals surface area contributed by atoms with Gasteiger partial charge in [-0.2, -0.15) is 0 Å². The Morgan fingerprint density at radius 1 is 1.36 bits per heavy atom. The number of carbonyl (C=O) groups excluding carboxylic acids is 2. The molecule has 0 aromatic carbocycles. The monoisotopic (exact) mass is 373 g/mol. The Balaban J connectivity index is 1.39. The first kappa shape index (κ1) is 16.5. The van der Waals surface area contributed by atoms with Gasteiger partial charge in [0.1, 0.15) is 0 Å². The van der Waals surface area contributed by atoms with Crippen LogP contribution in [0.4, 0.5) is 5.13 Å². The Labute approximate surface area is 154 Å². The predicted octanol–water partition coefficient (Wildman–Crippen LogP) is 3.54. The van der Waals surface area contributed by atoms with Gasteiger partial charge in [0.25, 0.3) is 0 Å². The third-order valence-electron chi connectivity index (χ3n) is 4.68. The number of hydrogen-bond donors (Lipinski definition) is 1. The number of nitrogens with one attached hydrogen (secondary N) is 1. The zero-order valence-corrected chi connectivity index (χ0v) is 15.4. The van der Waals surface area contributed by atoms with Gasteiger partial charge >= 0.3 is 0 Å². The second kappa shape index (κ2) is 7.09. The summed E-state index contributed by atoms with van der Waals surface area (Å²) in [6, 6.07) is 3.96. The molecule has 0 unspecified atom stereocenters. The lowest BCUT2D eigenvalue weighted by atomic mass is 9.85. The highest BCUT2D eigenvalue weighted by Crippen LogP contribution is 2.31. The van der Waals surface area contributed by atoms with Crippen molar-refractivity contribution in [1.29, 1.82) is 0 Å².